The van der Waals surface area contributed by atoms with E-state index in [0.29, 0.717) is 18.1 Å². The van der Waals surface area contributed by atoms with Gasteiger partial charge in [-0.05, 0) is 25.1 Å². The van der Waals surface area contributed by atoms with Gasteiger partial charge in [0.15, 0.2) is 0 Å². The van der Waals surface area contributed by atoms with Crippen molar-refractivity contribution in [1.82, 2.24) is 0 Å². The van der Waals surface area contributed by atoms with E-state index in [2.05, 4.69) is 0 Å². The molecule has 2 unspecified atom stereocenters. The van der Waals surface area contributed by atoms with E-state index >= 15 is 0 Å². The molecule has 4 heteroatoms. The molecule has 0 saturated carbocycles. The van der Waals surface area contributed by atoms with Crippen LogP contribution in [0.3, 0.4) is 0 Å². The Labute approximate surface area is 112 Å². The molecule has 18 heavy (non-hydrogen) atoms. The molecule has 3 nitrogen and oxygen atoms in total. The van der Waals surface area contributed by atoms with Gasteiger partial charge in [0, 0.05) is 29.8 Å². The summed E-state index contributed by atoms with van der Waals surface area (Å²) >= 11 is 5.96. The van der Waals surface area contributed by atoms with Gasteiger partial charge in [-0.15, -0.1) is 0 Å². The summed E-state index contributed by atoms with van der Waals surface area (Å²) in [6, 6.07) is 5.44. The molecule has 3 rings (SSSR count). The van der Waals surface area contributed by atoms with Crippen molar-refractivity contribution in [3.63, 3.8) is 0 Å². The van der Waals surface area contributed by atoms with Crippen LogP contribution in [0.25, 0.3) is 0 Å². The lowest BCUT2D eigenvalue weighted by Crippen LogP contribution is -2.47. The van der Waals surface area contributed by atoms with Crippen LogP contribution in [0.15, 0.2) is 18.2 Å². The zero-order chi connectivity index (χ0) is 12.8. The first-order chi connectivity index (χ1) is 8.58. The first kappa shape index (κ1) is 12.3. The smallest absolute Gasteiger partial charge is 0.126 e. The minimum absolute atomic E-state index is 0.180. The standard InChI is InChI=1S/C14H17ClO3/c1-9-7-14(4-5-17-9)8-12(16)11-6-10(15)2-3-13(11)18-14/h2-3,6,9,12,16H,4-5,7-8H2,1H3/t9?,12-,14?/m0/s1. The molecule has 2 heterocycles. The SMILES string of the molecule is CC1CC2(CCO1)C[C@H](O)c1cc(Cl)ccc1O2. The van der Waals surface area contributed by atoms with E-state index in [-0.39, 0.29) is 11.7 Å². The largest absolute Gasteiger partial charge is 0.487 e. The first-order valence-corrected chi connectivity index (χ1v) is 6.74. The van der Waals surface area contributed by atoms with E-state index in [0.717, 1.165) is 24.2 Å². The second kappa shape index (κ2) is 4.41. The number of aliphatic hydroxyl groups is 1. The molecule has 2 aliphatic heterocycles. The second-order valence-corrected chi connectivity index (χ2v) is 5.76. The quantitative estimate of drug-likeness (QED) is 0.786. The summed E-state index contributed by atoms with van der Waals surface area (Å²) in [7, 11) is 0. The molecule has 0 aliphatic carbocycles. The summed E-state index contributed by atoms with van der Waals surface area (Å²) in [5.41, 5.74) is 0.519. The van der Waals surface area contributed by atoms with Crippen molar-refractivity contribution in [1.29, 1.82) is 0 Å². The molecule has 0 bridgehead atoms. The highest BCUT2D eigenvalue weighted by molar-refractivity contribution is 6.30. The van der Waals surface area contributed by atoms with E-state index in [1.165, 1.54) is 0 Å². The Kier molecular flexibility index (Phi) is 3.00. The lowest BCUT2D eigenvalue weighted by Gasteiger charge is -2.44. The summed E-state index contributed by atoms with van der Waals surface area (Å²) in [6.07, 6.45) is 1.95. The maximum absolute atomic E-state index is 10.3. The Balaban J connectivity index is 1.93. The normalized spacial score (nSPS) is 35.1. The maximum atomic E-state index is 10.3. The van der Waals surface area contributed by atoms with Crippen molar-refractivity contribution in [2.45, 2.75) is 44.0 Å². The van der Waals surface area contributed by atoms with Crippen molar-refractivity contribution < 1.29 is 14.6 Å². The highest BCUT2D eigenvalue weighted by Crippen LogP contribution is 2.45. The third kappa shape index (κ3) is 2.11. The van der Waals surface area contributed by atoms with Crippen LogP contribution in [0.1, 0.15) is 37.9 Å². The number of hydrogen-bond acceptors (Lipinski definition) is 3. The third-order valence-corrected chi connectivity index (χ3v) is 4.08. The summed E-state index contributed by atoms with van der Waals surface area (Å²) in [6.45, 7) is 2.74. The number of fused-ring (bicyclic) bond motifs is 1. The van der Waals surface area contributed by atoms with Gasteiger partial charge >= 0.3 is 0 Å². The van der Waals surface area contributed by atoms with Crippen LogP contribution < -0.4 is 4.74 Å². The van der Waals surface area contributed by atoms with E-state index in [9.17, 15) is 5.11 Å². The molecular weight excluding hydrogens is 252 g/mol. The van der Waals surface area contributed by atoms with Crippen LogP contribution >= 0.6 is 11.6 Å². The number of aliphatic hydroxyl groups excluding tert-OH is 1. The average molecular weight is 269 g/mol. The van der Waals surface area contributed by atoms with Crippen molar-refractivity contribution in [3.8, 4) is 5.75 Å². The highest BCUT2D eigenvalue weighted by Gasteiger charge is 2.43. The van der Waals surface area contributed by atoms with Gasteiger partial charge in [-0.2, -0.15) is 0 Å². The van der Waals surface area contributed by atoms with Gasteiger partial charge in [-0.3, -0.25) is 0 Å². The molecule has 2 aliphatic rings. The van der Waals surface area contributed by atoms with Crippen molar-refractivity contribution in [3.05, 3.63) is 28.8 Å². The summed E-state index contributed by atoms with van der Waals surface area (Å²) in [4.78, 5) is 0. The lowest BCUT2D eigenvalue weighted by atomic mass is 9.81. The van der Waals surface area contributed by atoms with Crippen molar-refractivity contribution in [2.75, 3.05) is 6.61 Å². The van der Waals surface area contributed by atoms with Gasteiger partial charge in [0.2, 0.25) is 0 Å². The Bertz CT molecular complexity index is 462. The van der Waals surface area contributed by atoms with Crippen molar-refractivity contribution >= 4 is 11.6 Å². The number of benzene rings is 1. The Morgan fingerprint density at radius 3 is 3.00 bits per heavy atom. The third-order valence-electron chi connectivity index (χ3n) is 3.84. The molecule has 1 aromatic carbocycles. The van der Waals surface area contributed by atoms with E-state index in [1.54, 1.807) is 12.1 Å². The van der Waals surface area contributed by atoms with Crippen LogP contribution in [0.2, 0.25) is 5.02 Å². The van der Waals surface area contributed by atoms with Crippen LogP contribution in [-0.4, -0.2) is 23.4 Å². The Hall–Kier alpha value is -0.770. The number of hydrogen-bond donors (Lipinski definition) is 1. The number of ether oxygens (including phenoxy) is 2. The summed E-state index contributed by atoms with van der Waals surface area (Å²) in [5.74, 6) is 0.757. The number of rotatable bonds is 0. The molecule has 0 amide bonds. The Morgan fingerprint density at radius 2 is 2.22 bits per heavy atom. The summed E-state index contributed by atoms with van der Waals surface area (Å²) in [5, 5.41) is 10.9. The van der Waals surface area contributed by atoms with Crippen LogP contribution in [-0.2, 0) is 4.74 Å². The zero-order valence-corrected chi connectivity index (χ0v) is 11.1. The predicted octanol–water partition coefficient (Wildman–Crippen LogP) is 3.09. The highest BCUT2D eigenvalue weighted by atomic mass is 35.5. The average Bonchev–Trinajstić information content (AvgIpc) is 2.30. The molecule has 98 valence electrons. The second-order valence-electron chi connectivity index (χ2n) is 5.32. The maximum Gasteiger partial charge on any atom is 0.126 e. The molecule has 1 spiro atoms. The van der Waals surface area contributed by atoms with E-state index in [4.69, 9.17) is 21.1 Å². The number of halogens is 1. The van der Waals surface area contributed by atoms with Gasteiger partial charge in [-0.1, -0.05) is 11.6 Å². The van der Waals surface area contributed by atoms with Gasteiger partial charge < -0.3 is 14.6 Å². The predicted molar refractivity (Wildman–Crippen MR) is 69.0 cm³/mol. The van der Waals surface area contributed by atoms with E-state index in [1.807, 2.05) is 13.0 Å². The Morgan fingerprint density at radius 1 is 1.39 bits per heavy atom. The molecule has 1 fully saturated rings. The van der Waals surface area contributed by atoms with Gasteiger partial charge in [-0.25, -0.2) is 0 Å². The minimum Gasteiger partial charge on any atom is -0.487 e. The molecule has 0 radical (unpaired) electrons. The van der Waals surface area contributed by atoms with Crippen LogP contribution in [0.4, 0.5) is 0 Å². The van der Waals surface area contributed by atoms with Gasteiger partial charge in [0.1, 0.15) is 11.4 Å². The molecule has 1 saturated heterocycles. The van der Waals surface area contributed by atoms with E-state index < -0.39 is 6.10 Å². The fourth-order valence-corrected chi connectivity index (χ4v) is 3.20. The molecule has 1 N–H and O–H groups in total. The molecule has 3 atom stereocenters. The van der Waals surface area contributed by atoms with Crippen LogP contribution in [0.5, 0.6) is 5.75 Å². The molecule has 0 aromatic heterocycles. The molecular formula is C14H17ClO3. The van der Waals surface area contributed by atoms with Crippen molar-refractivity contribution in [2.24, 2.45) is 0 Å². The lowest BCUT2D eigenvalue weighted by molar-refractivity contribution is -0.111. The zero-order valence-electron chi connectivity index (χ0n) is 10.4. The fourth-order valence-electron chi connectivity index (χ4n) is 3.02. The van der Waals surface area contributed by atoms with Gasteiger partial charge in [0.25, 0.3) is 0 Å². The fraction of sp³-hybridized carbons (Fsp3) is 0.571. The van der Waals surface area contributed by atoms with Gasteiger partial charge in [0.05, 0.1) is 18.8 Å². The topological polar surface area (TPSA) is 38.7 Å². The van der Waals surface area contributed by atoms with Crippen LogP contribution in [0, 0.1) is 0 Å². The summed E-state index contributed by atoms with van der Waals surface area (Å²) < 4.78 is 11.7. The monoisotopic (exact) mass is 268 g/mol. The first-order valence-electron chi connectivity index (χ1n) is 6.36. The minimum atomic E-state index is -0.502. The molecule has 1 aromatic rings.